The smallest absolute Gasteiger partial charge is 0.255 e. The number of likely N-dealkylation sites (tertiary alicyclic amines) is 1. The van der Waals surface area contributed by atoms with Gasteiger partial charge < -0.3 is 16.4 Å². The van der Waals surface area contributed by atoms with Crippen LogP contribution in [-0.2, 0) is 11.3 Å². The number of nitrogens with zero attached hydrogens (tertiary/aromatic N) is 1. The van der Waals surface area contributed by atoms with Gasteiger partial charge in [-0.15, -0.1) is 12.4 Å². The lowest BCUT2D eigenvalue weighted by Gasteiger charge is -2.19. The van der Waals surface area contributed by atoms with Crippen LogP contribution in [-0.4, -0.2) is 36.3 Å². The van der Waals surface area contributed by atoms with Crippen molar-refractivity contribution < 1.29 is 9.59 Å². The number of benzene rings is 2. The Hall–Kier alpha value is -2.41. The van der Waals surface area contributed by atoms with E-state index in [4.69, 9.17) is 5.73 Å². The third-order valence-corrected chi connectivity index (χ3v) is 4.92. The van der Waals surface area contributed by atoms with Crippen molar-refractivity contribution in [1.29, 1.82) is 0 Å². The molecule has 1 heterocycles. The molecule has 0 aliphatic carbocycles. The predicted molar refractivity (Wildman–Crippen MR) is 120 cm³/mol. The Morgan fingerprint density at radius 1 is 0.897 bits per heavy atom. The summed E-state index contributed by atoms with van der Waals surface area (Å²) in [5.41, 5.74) is 8.44. The molecule has 1 saturated heterocycles. The summed E-state index contributed by atoms with van der Waals surface area (Å²) in [6.07, 6.45) is 4.80. The predicted octanol–water partition coefficient (Wildman–Crippen LogP) is 3.63. The number of hydrogen-bond donors (Lipinski definition) is 3. The number of rotatable bonds is 6. The molecule has 2 aromatic carbocycles. The summed E-state index contributed by atoms with van der Waals surface area (Å²) in [6.45, 7) is 2.81. The van der Waals surface area contributed by atoms with Crippen molar-refractivity contribution >= 4 is 35.6 Å². The van der Waals surface area contributed by atoms with E-state index >= 15 is 0 Å². The molecule has 1 aliphatic rings. The highest BCUT2D eigenvalue weighted by molar-refractivity contribution is 6.04. The molecule has 29 heavy (non-hydrogen) atoms. The van der Waals surface area contributed by atoms with Gasteiger partial charge in [0.1, 0.15) is 0 Å². The van der Waals surface area contributed by atoms with Crippen molar-refractivity contribution in [3.05, 3.63) is 59.7 Å². The second-order valence-electron chi connectivity index (χ2n) is 7.17. The zero-order valence-corrected chi connectivity index (χ0v) is 17.3. The zero-order valence-electron chi connectivity index (χ0n) is 16.5. The van der Waals surface area contributed by atoms with Gasteiger partial charge in [-0.05, 0) is 61.8 Å². The highest BCUT2D eigenvalue weighted by Crippen LogP contribution is 2.17. The van der Waals surface area contributed by atoms with E-state index < -0.39 is 0 Å². The van der Waals surface area contributed by atoms with Gasteiger partial charge >= 0.3 is 0 Å². The third kappa shape index (κ3) is 7.16. The maximum atomic E-state index is 12.4. The van der Waals surface area contributed by atoms with Crippen LogP contribution in [0.3, 0.4) is 0 Å². The molecule has 1 fully saturated rings. The Balaban J connectivity index is 0.00000300. The maximum absolute atomic E-state index is 12.4. The first-order valence-corrected chi connectivity index (χ1v) is 9.87. The van der Waals surface area contributed by atoms with E-state index in [1.165, 1.54) is 12.8 Å². The summed E-state index contributed by atoms with van der Waals surface area (Å²) in [4.78, 5) is 27.0. The van der Waals surface area contributed by atoms with E-state index in [2.05, 4.69) is 15.5 Å². The monoisotopic (exact) mass is 416 g/mol. The molecule has 0 radical (unpaired) electrons. The van der Waals surface area contributed by atoms with Crippen molar-refractivity contribution in [1.82, 2.24) is 4.90 Å². The first-order chi connectivity index (χ1) is 13.6. The van der Waals surface area contributed by atoms with E-state index in [0.717, 1.165) is 31.5 Å². The summed E-state index contributed by atoms with van der Waals surface area (Å²) in [6, 6.07) is 14.4. The van der Waals surface area contributed by atoms with Gasteiger partial charge in [-0.3, -0.25) is 14.5 Å². The van der Waals surface area contributed by atoms with Crippen molar-refractivity contribution in [2.75, 3.05) is 30.3 Å². The summed E-state index contributed by atoms with van der Waals surface area (Å²) in [5, 5.41) is 5.80. The van der Waals surface area contributed by atoms with E-state index in [1.807, 2.05) is 24.3 Å². The summed E-state index contributed by atoms with van der Waals surface area (Å²) < 4.78 is 0. The number of halogens is 1. The van der Waals surface area contributed by atoms with Crippen molar-refractivity contribution in [2.45, 2.75) is 32.2 Å². The quantitative estimate of drug-likeness (QED) is 0.670. The maximum Gasteiger partial charge on any atom is 0.255 e. The van der Waals surface area contributed by atoms with Crippen LogP contribution in [0.25, 0.3) is 0 Å². The standard InChI is InChI=1S/C22H28N4O2.ClH/c23-15-17-8-10-18(11-9-17)22(28)25-20-7-5-6-19(14-20)24-21(27)16-26-12-3-1-2-4-13-26;/h5-11,14H,1-4,12-13,15-16,23H2,(H,24,27)(H,25,28);1H. The van der Waals surface area contributed by atoms with Crippen LogP contribution in [0.2, 0.25) is 0 Å². The molecule has 0 bridgehead atoms. The minimum Gasteiger partial charge on any atom is -0.326 e. The molecule has 2 aromatic rings. The lowest BCUT2D eigenvalue weighted by molar-refractivity contribution is -0.117. The molecule has 1 aliphatic heterocycles. The van der Waals surface area contributed by atoms with Gasteiger partial charge in [0.25, 0.3) is 5.91 Å². The molecule has 7 heteroatoms. The molecule has 0 saturated carbocycles. The Morgan fingerprint density at radius 2 is 1.52 bits per heavy atom. The van der Waals surface area contributed by atoms with Crippen LogP contribution < -0.4 is 16.4 Å². The Kier molecular flexibility index (Phi) is 9.12. The molecule has 0 atom stereocenters. The van der Waals surface area contributed by atoms with Gasteiger partial charge in [-0.2, -0.15) is 0 Å². The minimum atomic E-state index is -0.198. The molecule has 6 nitrogen and oxygen atoms in total. The topological polar surface area (TPSA) is 87.5 Å². The lowest BCUT2D eigenvalue weighted by atomic mass is 10.1. The first kappa shape index (κ1) is 22.9. The van der Waals surface area contributed by atoms with Crippen molar-refractivity contribution in [3.63, 3.8) is 0 Å². The van der Waals surface area contributed by atoms with Crippen LogP contribution in [0, 0.1) is 0 Å². The van der Waals surface area contributed by atoms with Gasteiger partial charge in [0.2, 0.25) is 5.91 Å². The summed E-state index contributed by atoms with van der Waals surface area (Å²) >= 11 is 0. The largest absolute Gasteiger partial charge is 0.326 e. The number of anilines is 2. The minimum absolute atomic E-state index is 0. The SMILES string of the molecule is Cl.NCc1ccc(C(=O)Nc2cccc(NC(=O)CN3CCCCCC3)c2)cc1. The van der Waals surface area contributed by atoms with Gasteiger partial charge in [-0.1, -0.05) is 31.0 Å². The second kappa shape index (κ2) is 11.6. The average molecular weight is 417 g/mol. The van der Waals surface area contributed by atoms with Gasteiger partial charge in [-0.25, -0.2) is 0 Å². The molecular formula is C22H29ClN4O2. The van der Waals surface area contributed by atoms with E-state index in [0.29, 0.717) is 30.0 Å². The Morgan fingerprint density at radius 3 is 2.14 bits per heavy atom. The fourth-order valence-corrected chi connectivity index (χ4v) is 3.37. The van der Waals surface area contributed by atoms with Crippen LogP contribution in [0.4, 0.5) is 11.4 Å². The van der Waals surface area contributed by atoms with Crippen LogP contribution >= 0.6 is 12.4 Å². The van der Waals surface area contributed by atoms with Crippen molar-refractivity contribution in [3.8, 4) is 0 Å². The Bertz CT molecular complexity index is 803. The Labute approximate surface area is 178 Å². The average Bonchev–Trinajstić information content (AvgIpc) is 2.97. The normalized spacial score (nSPS) is 14.4. The number of nitrogens with one attached hydrogen (secondary N) is 2. The molecule has 0 spiro atoms. The molecule has 0 aromatic heterocycles. The zero-order chi connectivity index (χ0) is 19.8. The molecule has 156 valence electrons. The van der Waals surface area contributed by atoms with Gasteiger partial charge in [0.05, 0.1) is 6.54 Å². The molecule has 0 unspecified atom stereocenters. The fourth-order valence-electron chi connectivity index (χ4n) is 3.37. The van der Waals surface area contributed by atoms with Gasteiger partial charge in [0.15, 0.2) is 0 Å². The lowest BCUT2D eigenvalue weighted by Crippen LogP contribution is -2.33. The van der Waals surface area contributed by atoms with E-state index in [1.54, 1.807) is 24.3 Å². The van der Waals surface area contributed by atoms with Crippen molar-refractivity contribution in [2.24, 2.45) is 5.73 Å². The summed E-state index contributed by atoms with van der Waals surface area (Å²) in [7, 11) is 0. The van der Waals surface area contributed by atoms with Crippen LogP contribution in [0.5, 0.6) is 0 Å². The number of hydrogen-bond acceptors (Lipinski definition) is 4. The number of nitrogens with two attached hydrogens (primary N) is 1. The van der Waals surface area contributed by atoms with Crippen LogP contribution in [0.15, 0.2) is 48.5 Å². The number of carbonyl (C=O) groups is 2. The first-order valence-electron chi connectivity index (χ1n) is 9.87. The molecule has 4 N–H and O–H groups in total. The molecule has 2 amide bonds. The number of carbonyl (C=O) groups excluding carboxylic acids is 2. The highest BCUT2D eigenvalue weighted by atomic mass is 35.5. The summed E-state index contributed by atoms with van der Waals surface area (Å²) in [5.74, 6) is -0.223. The van der Waals surface area contributed by atoms with Crippen LogP contribution in [0.1, 0.15) is 41.6 Å². The molecule has 3 rings (SSSR count). The third-order valence-electron chi connectivity index (χ3n) is 4.92. The number of amides is 2. The van der Waals surface area contributed by atoms with E-state index in [9.17, 15) is 9.59 Å². The fraction of sp³-hybridized carbons (Fsp3) is 0.364. The molecular weight excluding hydrogens is 388 g/mol. The highest BCUT2D eigenvalue weighted by Gasteiger charge is 2.13. The van der Waals surface area contributed by atoms with Gasteiger partial charge in [0, 0.05) is 23.5 Å². The second-order valence-corrected chi connectivity index (χ2v) is 7.17. The van der Waals surface area contributed by atoms with E-state index in [-0.39, 0.29) is 24.2 Å².